The van der Waals surface area contributed by atoms with Crippen LogP contribution in [0.15, 0.2) is 34.9 Å². The van der Waals surface area contributed by atoms with Gasteiger partial charge in [0.05, 0.1) is 25.8 Å². The normalized spacial score (nSPS) is 10.2. The summed E-state index contributed by atoms with van der Waals surface area (Å²) >= 11 is 0. The molecule has 0 aliphatic heterocycles. The number of esters is 1. The molecule has 112 valence electrons. The molecule has 0 fully saturated rings. The van der Waals surface area contributed by atoms with E-state index in [1.165, 1.54) is 19.4 Å². The Morgan fingerprint density at radius 2 is 2.19 bits per heavy atom. The van der Waals surface area contributed by atoms with E-state index >= 15 is 0 Å². The van der Waals surface area contributed by atoms with Gasteiger partial charge in [0.1, 0.15) is 12.0 Å². The third kappa shape index (κ3) is 3.75. The van der Waals surface area contributed by atoms with E-state index < -0.39 is 11.8 Å². The lowest BCUT2D eigenvalue weighted by Crippen LogP contribution is -2.01. The van der Waals surface area contributed by atoms with Gasteiger partial charge in [-0.05, 0) is 25.1 Å². The number of ether oxygens (including phenoxy) is 2. The highest BCUT2D eigenvalue weighted by Crippen LogP contribution is 2.21. The molecule has 5 nitrogen and oxygen atoms in total. The summed E-state index contributed by atoms with van der Waals surface area (Å²) in [6.07, 6.45) is 1.32. The lowest BCUT2D eigenvalue weighted by molar-refractivity contribution is 0.0600. The van der Waals surface area contributed by atoms with Crippen molar-refractivity contribution in [2.45, 2.75) is 13.5 Å². The van der Waals surface area contributed by atoms with E-state index in [0.29, 0.717) is 30.2 Å². The molecule has 0 spiro atoms. The number of rotatable bonds is 6. The molecule has 0 aliphatic carbocycles. The Bertz CT molecular complexity index is 624. The summed E-state index contributed by atoms with van der Waals surface area (Å²) in [6.45, 7) is 2.53. The van der Waals surface area contributed by atoms with E-state index in [0.717, 1.165) is 0 Å². The molecule has 0 saturated carbocycles. The number of halogens is 1. The average molecular weight is 293 g/mol. The van der Waals surface area contributed by atoms with Crippen LogP contribution in [0.1, 0.15) is 23.0 Å². The highest BCUT2D eigenvalue weighted by Gasteiger charge is 2.10. The van der Waals surface area contributed by atoms with Crippen molar-refractivity contribution in [3.63, 3.8) is 0 Å². The Morgan fingerprint density at radius 3 is 2.86 bits per heavy atom. The van der Waals surface area contributed by atoms with Crippen LogP contribution in [-0.4, -0.2) is 19.7 Å². The van der Waals surface area contributed by atoms with Gasteiger partial charge < -0.3 is 19.2 Å². The maximum atomic E-state index is 13.7. The fraction of sp³-hybridized carbons (Fsp3) is 0.267. The van der Waals surface area contributed by atoms with Gasteiger partial charge in [-0.25, -0.2) is 9.18 Å². The highest BCUT2D eigenvalue weighted by molar-refractivity contribution is 5.88. The van der Waals surface area contributed by atoms with Gasteiger partial charge in [0.25, 0.3) is 0 Å². The first-order valence-electron chi connectivity index (χ1n) is 6.46. The molecule has 0 atom stereocenters. The molecule has 1 heterocycles. The summed E-state index contributed by atoms with van der Waals surface area (Å²) in [4.78, 5) is 11.3. The van der Waals surface area contributed by atoms with E-state index in [4.69, 9.17) is 9.15 Å². The summed E-state index contributed by atoms with van der Waals surface area (Å²) in [7, 11) is 1.30. The van der Waals surface area contributed by atoms with E-state index in [1.54, 1.807) is 25.1 Å². The van der Waals surface area contributed by atoms with Crippen LogP contribution < -0.4 is 10.1 Å². The molecule has 21 heavy (non-hydrogen) atoms. The third-order valence-electron chi connectivity index (χ3n) is 2.77. The number of methoxy groups -OCH3 is 1. The molecule has 0 amide bonds. The molecule has 0 aliphatic rings. The number of hydrogen-bond acceptors (Lipinski definition) is 5. The summed E-state index contributed by atoms with van der Waals surface area (Å²) in [5, 5.41) is 3.00. The van der Waals surface area contributed by atoms with Crippen LogP contribution in [0, 0.1) is 5.82 Å². The SMILES string of the molecule is CCOc1ccc(NCc2cc(C(=O)OC)co2)cc1F. The highest BCUT2D eigenvalue weighted by atomic mass is 19.1. The van der Waals surface area contributed by atoms with Crippen LogP contribution in [0.5, 0.6) is 5.75 Å². The Morgan fingerprint density at radius 1 is 1.38 bits per heavy atom. The molecular weight excluding hydrogens is 277 g/mol. The Balaban J connectivity index is 1.98. The average Bonchev–Trinajstić information content (AvgIpc) is 2.96. The standard InChI is InChI=1S/C15H16FNO4/c1-3-20-14-5-4-11(7-13(14)16)17-8-12-6-10(9-21-12)15(18)19-2/h4-7,9,17H,3,8H2,1-2H3. The van der Waals surface area contributed by atoms with Gasteiger partial charge in [-0.1, -0.05) is 0 Å². The van der Waals surface area contributed by atoms with Crippen molar-refractivity contribution < 1.29 is 23.1 Å². The van der Waals surface area contributed by atoms with Crippen molar-refractivity contribution in [2.75, 3.05) is 19.0 Å². The largest absolute Gasteiger partial charge is 0.491 e. The molecule has 1 aromatic carbocycles. The first kappa shape index (κ1) is 14.9. The van der Waals surface area contributed by atoms with Crippen LogP contribution in [0.4, 0.5) is 10.1 Å². The minimum atomic E-state index is -0.461. The number of benzene rings is 1. The Labute approximate surface area is 121 Å². The van der Waals surface area contributed by atoms with Gasteiger partial charge in [0.15, 0.2) is 11.6 Å². The molecule has 0 radical (unpaired) electrons. The van der Waals surface area contributed by atoms with E-state index in [2.05, 4.69) is 10.1 Å². The van der Waals surface area contributed by atoms with Crippen molar-refractivity contribution in [1.29, 1.82) is 0 Å². The van der Waals surface area contributed by atoms with Crippen molar-refractivity contribution >= 4 is 11.7 Å². The van der Waals surface area contributed by atoms with Crippen LogP contribution in [0.3, 0.4) is 0 Å². The van der Waals surface area contributed by atoms with Gasteiger partial charge in [-0.15, -0.1) is 0 Å². The maximum absolute atomic E-state index is 13.7. The summed E-state index contributed by atoms with van der Waals surface area (Å²) < 4.78 is 28.6. The number of furan rings is 1. The number of nitrogens with one attached hydrogen (secondary N) is 1. The zero-order valence-corrected chi connectivity index (χ0v) is 11.8. The molecule has 0 saturated heterocycles. The molecule has 1 aromatic heterocycles. The fourth-order valence-electron chi connectivity index (χ4n) is 1.77. The monoisotopic (exact) mass is 293 g/mol. The van der Waals surface area contributed by atoms with Gasteiger partial charge in [0.2, 0.25) is 0 Å². The second kappa shape index (κ2) is 6.78. The molecular formula is C15H16FNO4. The summed E-state index contributed by atoms with van der Waals surface area (Å²) in [5.74, 6) is -0.132. The predicted octanol–water partition coefficient (Wildman–Crippen LogP) is 3.22. The van der Waals surface area contributed by atoms with Crippen molar-refractivity contribution in [3.05, 3.63) is 47.7 Å². The minimum Gasteiger partial charge on any atom is -0.491 e. The second-order valence-electron chi connectivity index (χ2n) is 4.23. The zero-order valence-electron chi connectivity index (χ0n) is 11.8. The van der Waals surface area contributed by atoms with Gasteiger partial charge in [-0.2, -0.15) is 0 Å². The first-order chi connectivity index (χ1) is 10.1. The molecule has 6 heteroatoms. The van der Waals surface area contributed by atoms with Crippen molar-refractivity contribution in [3.8, 4) is 5.75 Å². The lowest BCUT2D eigenvalue weighted by atomic mass is 10.2. The lowest BCUT2D eigenvalue weighted by Gasteiger charge is -2.08. The molecule has 0 unspecified atom stereocenters. The summed E-state index contributed by atoms with van der Waals surface area (Å²) in [5.41, 5.74) is 0.930. The zero-order chi connectivity index (χ0) is 15.2. The summed E-state index contributed by atoms with van der Waals surface area (Å²) in [6, 6.07) is 6.18. The number of carbonyl (C=O) groups is 1. The Kier molecular flexibility index (Phi) is 4.81. The minimum absolute atomic E-state index is 0.217. The topological polar surface area (TPSA) is 60.7 Å². The molecule has 0 bridgehead atoms. The number of carbonyl (C=O) groups excluding carboxylic acids is 1. The molecule has 2 rings (SSSR count). The van der Waals surface area contributed by atoms with Crippen LogP contribution >= 0.6 is 0 Å². The number of hydrogen-bond donors (Lipinski definition) is 1. The fourth-order valence-corrected chi connectivity index (χ4v) is 1.77. The molecule has 1 N–H and O–H groups in total. The van der Waals surface area contributed by atoms with Gasteiger partial charge in [0, 0.05) is 11.8 Å². The van der Waals surface area contributed by atoms with Crippen LogP contribution in [-0.2, 0) is 11.3 Å². The first-order valence-corrected chi connectivity index (χ1v) is 6.46. The predicted molar refractivity (Wildman–Crippen MR) is 74.9 cm³/mol. The maximum Gasteiger partial charge on any atom is 0.341 e. The van der Waals surface area contributed by atoms with Crippen LogP contribution in [0.25, 0.3) is 0 Å². The molecule has 2 aromatic rings. The van der Waals surface area contributed by atoms with Gasteiger partial charge in [-0.3, -0.25) is 0 Å². The van der Waals surface area contributed by atoms with E-state index in [9.17, 15) is 9.18 Å². The van der Waals surface area contributed by atoms with Crippen LogP contribution in [0.2, 0.25) is 0 Å². The number of anilines is 1. The van der Waals surface area contributed by atoms with Crippen molar-refractivity contribution in [1.82, 2.24) is 0 Å². The third-order valence-corrected chi connectivity index (χ3v) is 2.77. The Hall–Kier alpha value is -2.50. The van der Waals surface area contributed by atoms with E-state index in [1.807, 2.05) is 0 Å². The smallest absolute Gasteiger partial charge is 0.341 e. The van der Waals surface area contributed by atoms with E-state index in [-0.39, 0.29) is 5.75 Å². The quantitative estimate of drug-likeness (QED) is 0.829. The van der Waals surface area contributed by atoms with Gasteiger partial charge >= 0.3 is 5.97 Å². The second-order valence-corrected chi connectivity index (χ2v) is 4.23. The van der Waals surface area contributed by atoms with Crippen molar-refractivity contribution in [2.24, 2.45) is 0 Å².